The zero-order chi connectivity index (χ0) is 11.6. The van der Waals surface area contributed by atoms with Crippen molar-refractivity contribution in [3.8, 4) is 0 Å². The Morgan fingerprint density at radius 3 is 2.13 bits per heavy atom. The minimum Gasteiger partial charge on any atom is -0.262 e. The van der Waals surface area contributed by atoms with E-state index in [1.807, 2.05) is 26.0 Å². The number of nitrogens with zero attached hydrogens (tertiary/aromatic N) is 1. The Kier molecular flexibility index (Phi) is 3.46. The number of hydrogen-bond acceptors (Lipinski definition) is 4. The van der Waals surface area contributed by atoms with Crippen LogP contribution in [0.1, 0.15) is 30.0 Å². The second kappa shape index (κ2) is 4.28. The fourth-order valence-corrected chi connectivity index (χ4v) is 2.05. The van der Waals surface area contributed by atoms with Crippen LogP contribution in [0, 0.1) is 13.8 Å². The second-order valence-corrected chi connectivity index (χ2v) is 5.23. The predicted octanol–water partition coefficient (Wildman–Crippen LogP) is 1.74. The van der Waals surface area contributed by atoms with E-state index in [0.717, 1.165) is 23.2 Å². The molecule has 5 heteroatoms. The van der Waals surface area contributed by atoms with Crippen LogP contribution < -0.4 is 0 Å². The SMILES string of the molecule is Cc1cc(C(C)OS(C)(=O)=O)cc(C)n1. The Morgan fingerprint density at radius 2 is 1.73 bits per heavy atom. The monoisotopic (exact) mass is 229 g/mol. The standard InChI is InChI=1S/C10H15NO3S/c1-7-5-10(6-8(2)11-7)9(3)14-15(4,12)13/h5-6,9H,1-4H3. The third-order valence-corrected chi connectivity index (χ3v) is 2.53. The van der Waals surface area contributed by atoms with Gasteiger partial charge in [0.25, 0.3) is 10.1 Å². The molecular formula is C10H15NO3S. The van der Waals surface area contributed by atoms with Gasteiger partial charge in [-0.25, -0.2) is 0 Å². The first kappa shape index (κ1) is 12.1. The fourth-order valence-electron chi connectivity index (χ4n) is 1.42. The van der Waals surface area contributed by atoms with Crippen molar-refractivity contribution in [2.75, 3.05) is 6.26 Å². The molecule has 1 unspecified atom stereocenters. The van der Waals surface area contributed by atoms with Gasteiger partial charge in [0.15, 0.2) is 0 Å². The van der Waals surface area contributed by atoms with E-state index in [4.69, 9.17) is 4.18 Å². The van der Waals surface area contributed by atoms with Crippen molar-refractivity contribution in [2.24, 2.45) is 0 Å². The zero-order valence-electron chi connectivity index (χ0n) is 9.31. The van der Waals surface area contributed by atoms with Gasteiger partial charge in [-0.1, -0.05) is 0 Å². The number of hydrogen-bond donors (Lipinski definition) is 0. The van der Waals surface area contributed by atoms with Gasteiger partial charge < -0.3 is 0 Å². The van der Waals surface area contributed by atoms with Crippen LogP contribution in [0.4, 0.5) is 0 Å². The molecule has 0 fully saturated rings. The summed E-state index contributed by atoms with van der Waals surface area (Å²) < 4.78 is 26.8. The Balaban J connectivity index is 2.96. The molecule has 84 valence electrons. The van der Waals surface area contributed by atoms with E-state index in [-0.39, 0.29) is 0 Å². The maximum absolute atomic E-state index is 10.9. The van der Waals surface area contributed by atoms with Gasteiger partial charge in [0.2, 0.25) is 0 Å². The van der Waals surface area contributed by atoms with Crippen LogP contribution in [0.25, 0.3) is 0 Å². The molecule has 1 heterocycles. The average Bonchev–Trinajstić information content (AvgIpc) is 1.98. The molecule has 1 rings (SSSR count). The van der Waals surface area contributed by atoms with E-state index in [1.54, 1.807) is 6.92 Å². The van der Waals surface area contributed by atoms with Gasteiger partial charge in [0.1, 0.15) is 0 Å². The summed E-state index contributed by atoms with van der Waals surface area (Å²) in [5, 5.41) is 0. The number of aromatic nitrogens is 1. The highest BCUT2D eigenvalue weighted by atomic mass is 32.2. The van der Waals surface area contributed by atoms with E-state index in [0.29, 0.717) is 0 Å². The summed E-state index contributed by atoms with van der Waals surface area (Å²) in [6.45, 7) is 5.43. The molecule has 0 aromatic carbocycles. The highest BCUT2D eigenvalue weighted by molar-refractivity contribution is 7.86. The molecule has 0 saturated carbocycles. The molecule has 0 N–H and O–H groups in total. The van der Waals surface area contributed by atoms with Crippen molar-refractivity contribution in [1.29, 1.82) is 0 Å². The van der Waals surface area contributed by atoms with Crippen molar-refractivity contribution in [2.45, 2.75) is 26.9 Å². The number of rotatable bonds is 3. The minimum atomic E-state index is -3.42. The predicted molar refractivity (Wildman–Crippen MR) is 58.1 cm³/mol. The van der Waals surface area contributed by atoms with Crippen LogP contribution in [0.2, 0.25) is 0 Å². The molecule has 1 aromatic rings. The highest BCUT2D eigenvalue weighted by Crippen LogP contribution is 2.19. The molecule has 0 saturated heterocycles. The Hall–Kier alpha value is -0.940. The van der Waals surface area contributed by atoms with Crippen molar-refractivity contribution >= 4 is 10.1 Å². The van der Waals surface area contributed by atoms with Gasteiger partial charge in [-0.05, 0) is 38.5 Å². The maximum atomic E-state index is 10.9. The fraction of sp³-hybridized carbons (Fsp3) is 0.500. The van der Waals surface area contributed by atoms with E-state index >= 15 is 0 Å². The van der Waals surface area contributed by atoms with E-state index < -0.39 is 16.2 Å². The molecular weight excluding hydrogens is 214 g/mol. The van der Waals surface area contributed by atoms with Gasteiger partial charge in [-0.15, -0.1) is 0 Å². The quantitative estimate of drug-likeness (QED) is 0.741. The lowest BCUT2D eigenvalue weighted by molar-refractivity contribution is 0.236. The summed E-state index contributed by atoms with van der Waals surface area (Å²) in [6, 6.07) is 3.64. The van der Waals surface area contributed by atoms with Gasteiger partial charge in [-0.3, -0.25) is 9.17 Å². The van der Waals surface area contributed by atoms with Gasteiger partial charge in [0.05, 0.1) is 12.4 Å². The van der Waals surface area contributed by atoms with Crippen molar-refractivity contribution in [3.63, 3.8) is 0 Å². The Bertz CT molecular complexity index is 433. The van der Waals surface area contributed by atoms with Crippen LogP contribution in [0.3, 0.4) is 0 Å². The van der Waals surface area contributed by atoms with Crippen LogP contribution in [-0.4, -0.2) is 19.7 Å². The zero-order valence-corrected chi connectivity index (χ0v) is 10.1. The number of aryl methyl sites for hydroxylation is 2. The first-order valence-electron chi connectivity index (χ1n) is 4.61. The third-order valence-electron chi connectivity index (χ3n) is 1.89. The lowest BCUT2D eigenvalue weighted by Crippen LogP contribution is -2.08. The first-order valence-corrected chi connectivity index (χ1v) is 6.43. The largest absolute Gasteiger partial charge is 0.264 e. The normalized spacial score (nSPS) is 13.9. The van der Waals surface area contributed by atoms with Crippen LogP contribution >= 0.6 is 0 Å². The molecule has 4 nitrogen and oxygen atoms in total. The summed E-state index contributed by atoms with van der Waals surface area (Å²) in [6.07, 6.45) is 0.574. The minimum absolute atomic E-state index is 0.472. The van der Waals surface area contributed by atoms with Crippen LogP contribution in [0.5, 0.6) is 0 Å². The van der Waals surface area contributed by atoms with Gasteiger partial charge >= 0.3 is 0 Å². The molecule has 0 aliphatic carbocycles. The highest BCUT2D eigenvalue weighted by Gasteiger charge is 2.13. The third kappa shape index (κ3) is 3.97. The van der Waals surface area contributed by atoms with Crippen LogP contribution in [-0.2, 0) is 14.3 Å². The average molecular weight is 229 g/mol. The molecule has 0 radical (unpaired) electrons. The van der Waals surface area contributed by atoms with Gasteiger partial charge in [-0.2, -0.15) is 8.42 Å². The van der Waals surface area contributed by atoms with E-state index in [2.05, 4.69) is 4.98 Å². The molecule has 1 atom stereocenters. The molecule has 0 aliphatic rings. The summed E-state index contributed by atoms with van der Waals surface area (Å²) in [7, 11) is -3.42. The second-order valence-electron chi connectivity index (χ2n) is 3.63. The molecule has 1 aromatic heterocycles. The summed E-state index contributed by atoms with van der Waals surface area (Å²) in [5.41, 5.74) is 2.54. The molecule has 0 amide bonds. The van der Waals surface area contributed by atoms with Crippen molar-refractivity contribution < 1.29 is 12.6 Å². The Morgan fingerprint density at radius 1 is 1.27 bits per heavy atom. The molecule has 0 bridgehead atoms. The van der Waals surface area contributed by atoms with Crippen molar-refractivity contribution in [3.05, 3.63) is 29.1 Å². The molecule has 0 spiro atoms. The molecule has 15 heavy (non-hydrogen) atoms. The molecule has 0 aliphatic heterocycles. The topological polar surface area (TPSA) is 56.3 Å². The summed E-state index contributed by atoms with van der Waals surface area (Å²) >= 11 is 0. The van der Waals surface area contributed by atoms with Crippen LogP contribution in [0.15, 0.2) is 12.1 Å². The first-order chi connectivity index (χ1) is 6.78. The summed E-state index contributed by atoms with van der Waals surface area (Å²) in [4.78, 5) is 4.21. The smallest absolute Gasteiger partial charge is 0.262 e. The lowest BCUT2D eigenvalue weighted by atomic mass is 10.1. The number of pyridine rings is 1. The maximum Gasteiger partial charge on any atom is 0.264 e. The van der Waals surface area contributed by atoms with E-state index in [1.165, 1.54) is 0 Å². The lowest BCUT2D eigenvalue weighted by Gasteiger charge is -2.12. The Labute approximate surface area is 90.4 Å². The van der Waals surface area contributed by atoms with Gasteiger partial charge in [0, 0.05) is 11.4 Å². The summed E-state index contributed by atoms with van der Waals surface area (Å²) in [5.74, 6) is 0. The van der Waals surface area contributed by atoms with Crippen molar-refractivity contribution in [1.82, 2.24) is 4.98 Å². The van der Waals surface area contributed by atoms with E-state index in [9.17, 15) is 8.42 Å².